The molecule has 0 aromatic carbocycles. The van der Waals surface area contributed by atoms with Gasteiger partial charge in [0.1, 0.15) is 0 Å². The fourth-order valence-electron chi connectivity index (χ4n) is 3.49. The van der Waals surface area contributed by atoms with Crippen molar-refractivity contribution in [1.82, 2.24) is 14.5 Å². The van der Waals surface area contributed by atoms with Gasteiger partial charge in [-0.2, -0.15) is 0 Å². The molecule has 3 rings (SSSR count). The van der Waals surface area contributed by atoms with Gasteiger partial charge in [0, 0.05) is 36.0 Å². The molecule has 4 nitrogen and oxygen atoms in total. The maximum absolute atomic E-state index is 5.25. The van der Waals surface area contributed by atoms with Crippen molar-refractivity contribution in [2.75, 3.05) is 13.7 Å². The number of hydrogen-bond acceptors (Lipinski definition) is 3. The molecule has 0 spiro atoms. The summed E-state index contributed by atoms with van der Waals surface area (Å²) >= 11 is 0. The normalized spacial score (nSPS) is 11.5. The van der Waals surface area contributed by atoms with Crippen molar-refractivity contribution in [1.29, 1.82) is 0 Å². The first-order chi connectivity index (χ1) is 12.9. The van der Waals surface area contributed by atoms with Crippen LogP contribution in [0.2, 0.25) is 0 Å². The van der Waals surface area contributed by atoms with E-state index in [1.54, 1.807) is 7.11 Å². The van der Waals surface area contributed by atoms with Crippen molar-refractivity contribution in [3.63, 3.8) is 0 Å². The summed E-state index contributed by atoms with van der Waals surface area (Å²) in [6.07, 6.45) is 2.97. The molecule has 0 unspecified atom stereocenters. The lowest BCUT2D eigenvalue weighted by Gasteiger charge is -2.14. The van der Waals surface area contributed by atoms with E-state index in [9.17, 15) is 0 Å². The van der Waals surface area contributed by atoms with E-state index in [4.69, 9.17) is 14.7 Å². The van der Waals surface area contributed by atoms with E-state index in [1.165, 1.54) is 0 Å². The fourth-order valence-corrected chi connectivity index (χ4v) is 3.49. The molecule has 0 aliphatic rings. The van der Waals surface area contributed by atoms with Gasteiger partial charge in [0.05, 0.1) is 23.3 Å². The number of hydrogen-bond donors (Lipinski definition) is 0. The Bertz CT molecular complexity index is 999. The van der Waals surface area contributed by atoms with Crippen molar-refractivity contribution >= 4 is 16.7 Å². The van der Waals surface area contributed by atoms with Crippen molar-refractivity contribution in [3.8, 4) is 11.3 Å². The minimum atomic E-state index is 0.420. The van der Waals surface area contributed by atoms with Crippen molar-refractivity contribution in [3.05, 3.63) is 53.5 Å². The Morgan fingerprint density at radius 3 is 2.56 bits per heavy atom. The Morgan fingerprint density at radius 2 is 1.93 bits per heavy atom. The highest BCUT2D eigenvalue weighted by molar-refractivity contribution is 5.87. The monoisotopic (exact) mass is 363 g/mol. The van der Waals surface area contributed by atoms with Crippen LogP contribution in [0.4, 0.5) is 0 Å². The molecular weight excluding hydrogens is 334 g/mol. The van der Waals surface area contributed by atoms with Gasteiger partial charge in [-0.15, -0.1) is 0 Å². The first-order valence-electron chi connectivity index (χ1n) is 9.53. The minimum Gasteiger partial charge on any atom is -0.378 e. The second-order valence-corrected chi connectivity index (χ2v) is 7.44. The number of ether oxygens (including phenoxy) is 1. The first kappa shape index (κ1) is 19.3. The zero-order valence-corrected chi connectivity index (χ0v) is 17.3. The second-order valence-electron chi connectivity index (χ2n) is 7.44. The molecule has 3 aromatic rings. The van der Waals surface area contributed by atoms with Crippen LogP contribution in [0, 0.1) is 13.8 Å². The minimum absolute atomic E-state index is 0.420. The molecule has 4 heteroatoms. The average molecular weight is 364 g/mol. The summed E-state index contributed by atoms with van der Waals surface area (Å²) in [5.74, 6) is 0.420. The summed E-state index contributed by atoms with van der Waals surface area (Å²) in [6, 6.07) is 6.50. The molecule has 0 saturated heterocycles. The van der Waals surface area contributed by atoms with Crippen LogP contribution in [0.1, 0.15) is 49.2 Å². The molecule has 0 fully saturated rings. The van der Waals surface area contributed by atoms with E-state index < -0.39 is 0 Å². The van der Waals surface area contributed by atoms with Crippen LogP contribution < -0.4 is 0 Å². The molecule has 27 heavy (non-hydrogen) atoms. The number of rotatable bonds is 6. The third-order valence-electron chi connectivity index (χ3n) is 4.98. The van der Waals surface area contributed by atoms with Crippen LogP contribution in [0.25, 0.3) is 28.0 Å². The highest BCUT2D eigenvalue weighted by atomic mass is 16.5. The van der Waals surface area contributed by atoms with Gasteiger partial charge in [0.2, 0.25) is 0 Å². The van der Waals surface area contributed by atoms with Crippen LogP contribution in [-0.4, -0.2) is 28.3 Å². The molecular formula is C23H29N3O. The lowest BCUT2D eigenvalue weighted by molar-refractivity contribution is 0.236. The summed E-state index contributed by atoms with van der Waals surface area (Å²) in [6.45, 7) is 15.3. The van der Waals surface area contributed by atoms with Gasteiger partial charge in [-0.1, -0.05) is 27.4 Å². The zero-order valence-electron chi connectivity index (χ0n) is 17.3. The smallest absolute Gasteiger partial charge is 0.0921 e. The lowest BCUT2D eigenvalue weighted by atomic mass is 10.0. The Morgan fingerprint density at radius 1 is 1.19 bits per heavy atom. The second kappa shape index (κ2) is 7.65. The van der Waals surface area contributed by atoms with Gasteiger partial charge < -0.3 is 9.30 Å². The molecule has 3 heterocycles. The summed E-state index contributed by atoms with van der Waals surface area (Å²) in [7, 11) is 1.69. The average Bonchev–Trinajstić information content (AvgIpc) is 2.96. The fraction of sp³-hybridized carbons (Fsp3) is 0.391. The quantitative estimate of drug-likeness (QED) is 0.579. The van der Waals surface area contributed by atoms with Gasteiger partial charge in [-0.25, -0.2) is 4.98 Å². The van der Waals surface area contributed by atoms with Crippen LogP contribution in [0.3, 0.4) is 0 Å². The van der Waals surface area contributed by atoms with E-state index in [2.05, 4.69) is 70.2 Å². The number of pyridine rings is 2. The van der Waals surface area contributed by atoms with E-state index in [0.29, 0.717) is 12.5 Å². The van der Waals surface area contributed by atoms with Crippen molar-refractivity contribution < 1.29 is 4.74 Å². The number of aromatic nitrogens is 3. The van der Waals surface area contributed by atoms with Crippen LogP contribution in [-0.2, 0) is 11.2 Å². The molecule has 142 valence electrons. The summed E-state index contributed by atoms with van der Waals surface area (Å²) < 4.78 is 7.33. The molecule has 0 aliphatic heterocycles. The van der Waals surface area contributed by atoms with Gasteiger partial charge >= 0.3 is 0 Å². The summed E-state index contributed by atoms with van der Waals surface area (Å²) in [4.78, 5) is 9.94. The molecule has 0 radical (unpaired) electrons. The predicted octanol–water partition coefficient (Wildman–Crippen LogP) is 5.52. The van der Waals surface area contributed by atoms with E-state index in [-0.39, 0.29) is 0 Å². The highest BCUT2D eigenvalue weighted by Crippen LogP contribution is 2.31. The summed E-state index contributed by atoms with van der Waals surface area (Å²) in [5.41, 5.74) is 9.63. The molecule has 0 N–H and O–H groups in total. The topological polar surface area (TPSA) is 39.9 Å². The molecule has 0 atom stereocenters. The third-order valence-corrected chi connectivity index (χ3v) is 4.98. The Hall–Kier alpha value is -2.46. The molecule has 0 aliphatic carbocycles. The van der Waals surface area contributed by atoms with Crippen molar-refractivity contribution in [2.24, 2.45) is 0 Å². The standard InChI is InChI=1S/C23H29N3O/c1-8-19-18(9-10-20(24-19)14(2)3)22-15(4)11-21-23(25-22)16(5)12-26(21)17(6)13-27-7/h9-12,14H,6,8,13H2,1-5,7H3. The van der Waals surface area contributed by atoms with E-state index >= 15 is 0 Å². The SMILES string of the molecule is C=C(COC)n1cc(C)c2nc(-c3ccc(C(C)C)nc3CC)c(C)cc21. The van der Waals surface area contributed by atoms with E-state index in [1.807, 2.05) is 0 Å². The lowest BCUT2D eigenvalue weighted by Crippen LogP contribution is -2.03. The maximum Gasteiger partial charge on any atom is 0.0921 e. The van der Waals surface area contributed by atoms with Crippen LogP contribution in [0.5, 0.6) is 0 Å². The number of fused-ring (bicyclic) bond motifs is 1. The maximum atomic E-state index is 5.25. The van der Waals surface area contributed by atoms with Gasteiger partial charge in [0.15, 0.2) is 0 Å². The Kier molecular flexibility index (Phi) is 5.47. The first-order valence-corrected chi connectivity index (χ1v) is 9.53. The number of aryl methyl sites for hydroxylation is 3. The number of methoxy groups -OCH3 is 1. The Labute approximate surface area is 161 Å². The van der Waals surface area contributed by atoms with Crippen LogP contribution >= 0.6 is 0 Å². The molecule has 0 amide bonds. The van der Waals surface area contributed by atoms with Gasteiger partial charge in [-0.3, -0.25) is 4.98 Å². The predicted molar refractivity (Wildman–Crippen MR) is 113 cm³/mol. The molecule has 0 bridgehead atoms. The molecule has 3 aromatic heterocycles. The van der Waals surface area contributed by atoms with E-state index in [0.717, 1.165) is 56.9 Å². The van der Waals surface area contributed by atoms with Gasteiger partial charge in [-0.05, 0) is 55.5 Å². The van der Waals surface area contributed by atoms with Gasteiger partial charge in [0.25, 0.3) is 0 Å². The third kappa shape index (κ3) is 3.54. The largest absolute Gasteiger partial charge is 0.378 e. The number of nitrogens with zero attached hydrogens (tertiary/aromatic N) is 3. The Balaban J connectivity index is 2.18. The highest BCUT2D eigenvalue weighted by Gasteiger charge is 2.16. The van der Waals surface area contributed by atoms with Crippen molar-refractivity contribution in [2.45, 2.75) is 47.0 Å². The molecule has 0 saturated carbocycles. The summed E-state index contributed by atoms with van der Waals surface area (Å²) in [5, 5.41) is 0. The van der Waals surface area contributed by atoms with Crippen LogP contribution in [0.15, 0.2) is 31.0 Å². The zero-order chi connectivity index (χ0) is 19.7.